The smallest absolute Gasteiger partial charge is 0.319 e. The molecule has 2 heterocycles. The van der Waals surface area contributed by atoms with Crippen LogP contribution in [0.4, 0.5) is 10.5 Å². The summed E-state index contributed by atoms with van der Waals surface area (Å²) < 4.78 is 0. The highest BCUT2D eigenvalue weighted by atomic mass is 35.5. The topological polar surface area (TPSA) is 111 Å². The second-order valence-corrected chi connectivity index (χ2v) is 6.17. The van der Waals surface area contributed by atoms with Crippen LogP contribution >= 0.6 is 11.6 Å². The van der Waals surface area contributed by atoms with Crippen molar-refractivity contribution in [3.05, 3.63) is 29.3 Å². The van der Waals surface area contributed by atoms with Gasteiger partial charge >= 0.3 is 6.03 Å². The molecule has 2 aliphatic heterocycles. The molecule has 4 amide bonds. The summed E-state index contributed by atoms with van der Waals surface area (Å²) in [7, 11) is 0. The molecule has 0 aliphatic carbocycles. The molecule has 9 heteroatoms. The number of carbonyl (C=O) groups is 3. The van der Waals surface area contributed by atoms with Crippen molar-refractivity contribution < 1.29 is 19.5 Å². The minimum Gasteiger partial charge on any atom is -0.394 e. The van der Waals surface area contributed by atoms with Gasteiger partial charge in [-0.1, -0.05) is 23.7 Å². The molecule has 8 nitrogen and oxygen atoms in total. The Labute approximate surface area is 143 Å². The molecule has 0 radical (unpaired) electrons. The van der Waals surface area contributed by atoms with Crippen LogP contribution in [0.2, 0.25) is 5.02 Å². The van der Waals surface area contributed by atoms with Gasteiger partial charge < -0.3 is 26.0 Å². The van der Waals surface area contributed by atoms with Crippen LogP contribution in [-0.2, 0) is 9.59 Å². The standard InChI is InChI=1S/C15H17ClN4O4/c16-9-3-1-2-4-10(9)19-15(24)17-8-5-12-13(22)18-11(7-21)14(23)20(12)6-8/h1-4,8,11-12,21H,5-7H2,(H,18,22)(H2,17,19,24)/t8-,11-,12-/m0/s1. The summed E-state index contributed by atoms with van der Waals surface area (Å²) >= 11 is 5.98. The first-order chi connectivity index (χ1) is 11.5. The Hall–Kier alpha value is -2.32. The van der Waals surface area contributed by atoms with E-state index in [0.29, 0.717) is 17.1 Å². The molecule has 0 aromatic heterocycles. The predicted molar refractivity (Wildman–Crippen MR) is 86.5 cm³/mol. The van der Waals surface area contributed by atoms with E-state index in [2.05, 4.69) is 16.0 Å². The number of rotatable bonds is 3. The van der Waals surface area contributed by atoms with Gasteiger partial charge in [0.15, 0.2) is 0 Å². The quantitative estimate of drug-likeness (QED) is 0.610. The monoisotopic (exact) mass is 352 g/mol. The number of aliphatic hydroxyl groups is 1. The molecule has 1 aromatic rings. The molecule has 3 atom stereocenters. The van der Waals surface area contributed by atoms with Gasteiger partial charge in [-0.15, -0.1) is 0 Å². The second-order valence-electron chi connectivity index (χ2n) is 5.76. The number of nitrogens with zero attached hydrogens (tertiary/aromatic N) is 1. The van der Waals surface area contributed by atoms with Crippen molar-refractivity contribution in [2.24, 2.45) is 0 Å². The van der Waals surface area contributed by atoms with Crippen molar-refractivity contribution in [1.82, 2.24) is 15.5 Å². The number of hydrogen-bond donors (Lipinski definition) is 4. The fourth-order valence-corrected chi connectivity index (χ4v) is 3.18. The molecule has 0 spiro atoms. The first-order valence-corrected chi connectivity index (χ1v) is 7.91. The maximum atomic E-state index is 12.2. The van der Waals surface area contributed by atoms with Crippen LogP contribution < -0.4 is 16.0 Å². The number of fused-ring (bicyclic) bond motifs is 1. The molecule has 0 unspecified atom stereocenters. The number of halogens is 1. The number of benzene rings is 1. The van der Waals surface area contributed by atoms with Gasteiger partial charge in [0.1, 0.15) is 12.1 Å². The zero-order valence-electron chi connectivity index (χ0n) is 12.7. The van der Waals surface area contributed by atoms with Crippen molar-refractivity contribution >= 4 is 35.1 Å². The summed E-state index contributed by atoms with van der Waals surface area (Å²) in [6.45, 7) is -0.220. The summed E-state index contributed by atoms with van der Waals surface area (Å²) in [4.78, 5) is 37.6. The van der Waals surface area contributed by atoms with Gasteiger partial charge in [-0.3, -0.25) is 9.59 Å². The van der Waals surface area contributed by atoms with Crippen LogP contribution in [0.1, 0.15) is 6.42 Å². The molecule has 4 N–H and O–H groups in total. The lowest BCUT2D eigenvalue weighted by atomic mass is 10.1. The molecule has 24 heavy (non-hydrogen) atoms. The average molecular weight is 353 g/mol. The third kappa shape index (κ3) is 3.15. The minimum absolute atomic E-state index is 0.226. The molecule has 2 saturated heterocycles. The highest BCUT2D eigenvalue weighted by molar-refractivity contribution is 6.33. The van der Waals surface area contributed by atoms with Crippen LogP contribution in [0.3, 0.4) is 0 Å². The van der Waals surface area contributed by atoms with Crippen molar-refractivity contribution in [2.45, 2.75) is 24.5 Å². The molecule has 128 valence electrons. The minimum atomic E-state index is -0.913. The number of urea groups is 1. The fourth-order valence-electron chi connectivity index (χ4n) is 2.99. The zero-order chi connectivity index (χ0) is 17.3. The van der Waals surface area contributed by atoms with Gasteiger partial charge in [0.05, 0.1) is 23.4 Å². The number of piperazine rings is 1. The summed E-state index contributed by atoms with van der Waals surface area (Å²) in [5, 5.41) is 17.4. The van der Waals surface area contributed by atoms with E-state index >= 15 is 0 Å². The van der Waals surface area contributed by atoms with Crippen LogP contribution in [-0.4, -0.2) is 59.1 Å². The van der Waals surface area contributed by atoms with Gasteiger partial charge in [-0.25, -0.2) is 4.79 Å². The lowest BCUT2D eigenvalue weighted by Gasteiger charge is -2.33. The molecule has 0 saturated carbocycles. The van der Waals surface area contributed by atoms with Crippen molar-refractivity contribution in [3.63, 3.8) is 0 Å². The van der Waals surface area contributed by atoms with Gasteiger partial charge in [0, 0.05) is 6.54 Å². The van der Waals surface area contributed by atoms with Crippen molar-refractivity contribution in [3.8, 4) is 0 Å². The van der Waals surface area contributed by atoms with Crippen LogP contribution in [0, 0.1) is 0 Å². The predicted octanol–water partition coefficient (Wildman–Crippen LogP) is -0.0783. The number of para-hydroxylation sites is 1. The van der Waals surface area contributed by atoms with E-state index in [1.54, 1.807) is 24.3 Å². The Bertz CT molecular complexity index is 683. The van der Waals surface area contributed by atoms with E-state index in [1.165, 1.54) is 4.90 Å². The molecule has 1 aromatic carbocycles. The first-order valence-electron chi connectivity index (χ1n) is 7.53. The Kier molecular flexibility index (Phi) is 4.59. The maximum absolute atomic E-state index is 12.2. The van der Waals surface area contributed by atoms with Crippen LogP contribution in [0.5, 0.6) is 0 Å². The lowest BCUT2D eigenvalue weighted by molar-refractivity contribution is -0.148. The number of anilines is 1. The van der Waals surface area contributed by atoms with E-state index in [0.717, 1.165) is 0 Å². The number of hydrogen-bond acceptors (Lipinski definition) is 4. The Morgan fingerprint density at radius 2 is 2.12 bits per heavy atom. The Morgan fingerprint density at radius 3 is 2.83 bits per heavy atom. The summed E-state index contributed by atoms with van der Waals surface area (Å²) in [5.41, 5.74) is 0.474. The molecular formula is C15H17ClN4O4. The zero-order valence-corrected chi connectivity index (χ0v) is 13.4. The number of nitrogens with one attached hydrogen (secondary N) is 3. The summed E-state index contributed by atoms with van der Waals surface area (Å²) in [5.74, 6) is -0.651. The van der Waals surface area contributed by atoms with Gasteiger partial charge in [-0.2, -0.15) is 0 Å². The number of carbonyl (C=O) groups excluding carboxylic acids is 3. The summed E-state index contributed by atoms with van der Waals surface area (Å²) in [6.07, 6.45) is 0.325. The van der Waals surface area contributed by atoms with E-state index in [4.69, 9.17) is 16.7 Å². The summed E-state index contributed by atoms with van der Waals surface area (Å²) in [6, 6.07) is 4.48. The van der Waals surface area contributed by atoms with Crippen LogP contribution in [0.25, 0.3) is 0 Å². The largest absolute Gasteiger partial charge is 0.394 e. The van der Waals surface area contributed by atoms with Gasteiger partial charge in [-0.05, 0) is 18.6 Å². The van der Waals surface area contributed by atoms with Crippen molar-refractivity contribution in [1.29, 1.82) is 0 Å². The second kappa shape index (κ2) is 6.66. The Morgan fingerprint density at radius 1 is 1.38 bits per heavy atom. The number of aliphatic hydroxyl groups excluding tert-OH is 1. The first kappa shape index (κ1) is 16.5. The molecule has 3 rings (SSSR count). The Balaban J connectivity index is 1.62. The number of amides is 4. The van der Waals surface area contributed by atoms with Gasteiger partial charge in [0.25, 0.3) is 0 Å². The fraction of sp³-hybridized carbons (Fsp3) is 0.400. The molecular weight excluding hydrogens is 336 g/mol. The average Bonchev–Trinajstić information content (AvgIpc) is 2.97. The maximum Gasteiger partial charge on any atom is 0.319 e. The van der Waals surface area contributed by atoms with Gasteiger partial charge in [0.2, 0.25) is 11.8 Å². The van der Waals surface area contributed by atoms with Crippen LogP contribution in [0.15, 0.2) is 24.3 Å². The molecule has 2 fully saturated rings. The third-order valence-corrected chi connectivity index (χ3v) is 4.47. The van der Waals surface area contributed by atoms with Crippen molar-refractivity contribution in [2.75, 3.05) is 18.5 Å². The third-order valence-electron chi connectivity index (χ3n) is 4.14. The van der Waals surface area contributed by atoms with E-state index in [1.807, 2.05) is 0 Å². The molecule has 2 aliphatic rings. The molecule has 0 bridgehead atoms. The van der Waals surface area contributed by atoms with E-state index in [9.17, 15) is 14.4 Å². The van der Waals surface area contributed by atoms with E-state index in [-0.39, 0.29) is 24.4 Å². The SMILES string of the molecule is O=C(Nc1ccccc1Cl)N[C@H]1C[C@H]2C(=O)N[C@@H](CO)C(=O)N2C1. The highest BCUT2D eigenvalue weighted by Gasteiger charge is 2.46. The normalized spacial score (nSPS) is 25.9. The highest BCUT2D eigenvalue weighted by Crippen LogP contribution is 2.23. The van der Waals surface area contributed by atoms with E-state index < -0.39 is 24.7 Å². The lowest BCUT2D eigenvalue weighted by Crippen LogP contribution is -2.62.